The largest absolute Gasteiger partial charge is 0.354 e. The smallest absolute Gasteiger partial charge is 0.0902 e. The van der Waals surface area contributed by atoms with Crippen LogP contribution in [-0.4, -0.2) is 24.7 Å². The lowest BCUT2D eigenvalue weighted by Gasteiger charge is -2.42. The SMILES string of the molecule is CC(C)c1ccc2c(c1)=C(N1CCN(c3c(C(C)C)ccc4c3=CC(C(C)C)CC=4)C1)C(C)(C(C)C)CC=2. The molecule has 2 aliphatic carbocycles. The van der Waals surface area contributed by atoms with E-state index in [0.717, 1.165) is 32.6 Å². The van der Waals surface area contributed by atoms with Gasteiger partial charge in [0.25, 0.3) is 0 Å². The molecule has 0 bridgehead atoms. The maximum atomic E-state index is 2.74. The van der Waals surface area contributed by atoms with Crippen LogP contribution in [0.1, 0.15) is 98.1 Å². The molecule has 3 aliphatic rings. The van der Waals surface area contributed by atoms with Crippen molar-refractivity contribution in [3.8, 4) is 0 Å². The fourth-order valence-corrected chi connectivity index (χ4v) is 6.86. The Kier molecular flexibility index (Phi) is 7.31. The topological polar surface area (TPSA) is 6.48 Å². The van der Waals surface area contributed by atoms with Gasteiger partial charge in [-0.25, -0.2) is 0 Å². The summed E-state index contributed by atoms with van der Waals surface area (Å²) in [5.41, 5.74) is 6.14. The number of anilines is 1. The maximum Gasteiger partial charge on any atom is 0.0902 e. The van der Waals surface area contributed by atoms with Crippen LogP contribution in [-0.2, 0) is 0 Å². The molecule has 0 spiro atoms. The molecule has 1 fully saturated rings. The van der Waals surface area contributed by atoms with Crippen molar-refractivity contribution in [2.24, 2.45) is 23.2 Å². The molecule has 204 valence electrons. The molecule has 1 heterocycles. The molecule has 2 nitrogen and oxygen atoms in total. The zero-order chi connectivity index (χ0) is 27.4. The second-order valence-corrected chi connectivity index (χ2v) is 13.7. The van der Waals surface area contributed by atoms with Gasteiger partial charge in [0.2, 0.25) is 0 Å². The second kappa shape index (κ2) is 10.2. The van der Waals surface area contributed by atoms with Crippen LogP contribution >= 0.6 is 0 Å². The van der Waals surface area contributed by atoms with E-state index in [4.69, 9.17) is 0 Å². The van der Waals surface area contributed by atoms with E-state index in [1.807, 2.05) is 0 Å². The van der Waals surface area contributed by atoms with Crippen molar-refractivity contribution in [3.63, 3.8) is 0 Å². The molecule has 5 rings (SSSR count). The maximum absolute atomic E-state index is 2.74. The molecular weight excluding hydrogens is 460 g/mol. The number of benzene rings is 2. The van der Waals surface area contributed by atoms with Gasteiger partial charge in [0.1, 0.15) is 0 Å². The minimum atomic E-state index is 0.137. The van der Waals surface area contributed by atoms with Crippen molar-refractivity contribution < 1.29 is 0 Å². The molecule has 0 N–H and O–H groups in total. The summed E-state index contributed by atoms with van der Waals surface area (Å²) >= 11 is 0. The monoisotopic (exact) mass is 510 g/mol. The quantitative estimate of drug-likeness (QED) is 0.477. The summed E-state index contributed by atoms with van der Waals surface area (Å²) in [6.07, 6.45) is 9.87. The second-order valence-electron chi connectivity index (χ2n) is 13.7. The number of rotatable bonds is 6. The first-order chi connectivity index (χ1) is 18.0. The lowest BCUT2D eigenvalue weighted by atomic mass is 9.70. The fourth-order valence-electron chi connectivity index (χ4n) is 6.86. The summed E-state index contributed by atoms with van der Waals surface area (Å²) in [4.78, 5) is 5.45. The van der Waals surface area contributed by atoms with Crippen molar-refractivity contribution in [2.75, 3.05) is 24.7 Å². The van der Waals surface area contributed by atoms with Crippen LogP contribution < -0.4 is 25.8 Å². The predicted octanol–water partition coefficient (Wildman–Crippen LogP) is 5.90. The molecule has 0 radical (unpaired) electrons. The third-order valence-corrected chi connectivity index (χ3v) is 9.93. The van der Waals surface area contributed by atoms with Crippen LogP contribution in [0, 0.1) is 23.2 Å². The van der Waals surface area contributed by atoms with Gasteiger partial charge in [0, 0.05) is 40.3 Å². The predicted molar refractivity (Wildman–Crippen MR) is 166 cm³/mol. The molecule has 2 atom stereocenters. The van der Waals surface area contributed by atoms with Crippen LogP contribution in [0.25, 0.3) is 23.9 Å². The van der Waals surface area contributed by atoms with Crippen molar-refractivity contribution in [2.45, 2.75) is 87.0 Å². The number of fused-ring (bicyclic) bond motifs is 2. The van der Waals surface area contributed by atoms with Crippen LogP contribution in [0.4, 0.5) is 5.69 Å². The van der Waals surface area contributed by atoms with E-state index in [9.17, 15) is 0 Å². The van der Waals surface area contributed by atoms with Crippen molar-refractivity contribution in [1.82, 2.24) is 4.90 Å². The van der Waals surface area contributed by atoms with E-state index < -0.39 is 0 Å². The summed E-state index contributed by atoms with van der Waals surface area (Å²) < 4.78 is 0. The Hall–Kier alpha value is -2.48. The molecule has 2 heteroatoms. The molecule has 0 saturated carbocycles. The number of hydrogen-bond acceptors (Lipinski definition) is 2. The average molecular weight is 511 g/mol. The Morgan fingerprint density at radius 1 is 0.816 bits per heavy atom. The van der Waals surface area contributed by atoms with Gasteiger partial charge in [-0.2, -0.15) is 0 Å². The van der Waals surface area contributed by atoms with E-state index in [1.54, 1.807) is 5.70 Å². The Morgan fingerprint density at radius 2 is 1.53 bits per heavy atom. The molecule has 0 aromatic heterocycles. The Labute approximate surface area is 231 Å². The molecule has 2 aromatic rings. The molecular formula is C36H50N2. The first-order valence-corrected chi connectivity index (χ1v) is 15.2. The molecule has 1 aliphatic heterocycles. The zero-order valence-corrected chi connectivity index (χ0v) is 25.4. The van der Waals surface area contributed by atoms with Crippen LogP contribution in [0.15, 0.2) is 30.3 Å². The lowest BCUT2D eigenvalue weighted by Crippen LogP contribution is -2.47. The van der Waals surface area contributed by atoms with Crippen molar-refractivity contribution >= 4 is 29.6 Å². The van der Waals surface area contributed by atoms with Crippen LogP contribution in [0.5, 0.6) is 0 Å². The highest BCUT2D eigenvalue weighted by Gasteiger charge is 2.39. The van der Waals surface area contributed by atoms with Gasteiger partial charge < -0.3 is 9.80 Å². The molecule has 2 aromatic carbocycles. The van der Waals surface area contributed by atoms with Gasteiger partial charge in [-0.1, -0.05) is 105 Å². The fraction of sp³-hybridized carbons (Fsp3) is 0.556. The summed E-state index contributed by atoms with van der Waals surface area (Å²) in [6.45, 7) is 24.6. The third kappa shape index (κ3) is 4.63. The van der Waals surface area contributed by atoms with Gasteiger partial charge >= 0.3 is 0 Å². The van der Waals surface area contributed by atoms with E-state index in [1.165, 1.54) is 37.7 Å². The van der Waals surface area contributed by atoms with E-state index in [0.29, 0.717) is 29.6 Å². The van der Waals surface area contributed by atoms with Gasteiger partial charge in [-0.15, -0.1) is 0 Å². The zero-order valence-electron chi connectivity index (χ0n) is 25.4. The minimum Gasteiger partial charge on any atom is -0.354 e. The summed E-state index contributed by atoms with van der Waals surface area (Å²) in [7, 11) is 0. The van der Waals surface area contributed by atoms with Gasteiger partial charge in [0.15, 0.2) is 0 Å². The number of nitrogens with zero attached hydrogens (tertiary/aromatic N) is 2. The highest BCUT2D eigenvalue weighted by Crippen LogP contribution is 2.43. The lowest BCUT2D eigenvalue weighted by molar-refractivity contribution is 0.263. The average Bonchev–Trinajstić information content (AvgIpc) is 3.35. The molecule has 38 heavy (non-hydrogen) atoms. The van der Waals surface area contributed by atoms with Crippen LogP contribution in [0.2, 0.25) is 0 Å². The first kappa shape index (κ1) is 27.1. The van der Waals surface area contributed by atoms with Crippen molar-refractivity contribution in [1.29, 1.82) is 0 Å². The summed E-state index contributed by atoms with van der Waals surface area (Å²) in [5, 5.41) is 5.81. The van der Waals surface area contributed by atoms with E-state index in [2.05, 4.69) is 121 Å². The number of hydrogen-bond donors (Lipinski definition) is 0. The van der Waals surface area contributed by atoms with E-state index in [-0.39, 0.29) is 5.41 Å². The third-order valence-electron chi connectivity index (χ3n) is 9.93. The highest BCUT2D eigenvalue weighted by molar-refractivity contribution is 5.64. The van der Waals surface area contributed by atoms with Gasteiger partial charge in [-0.3, -0.25) is 0 Å². The summed E-state index contributed by atoms with van der Waals surface area (Å²) in [6, 6.07) is 12.0. The standard InChI is InChI=1S/C36H50N2/c1-23(2)29-12-10-27-14-15-31(25(5)6)34(32(27)20-29)37-18-19-38(22-37)35-33-21-30(24(3)4)13-11-28(33)16-17-36(35,9)26(7)8/h10-11,13-16,20-21,23-26,29H,12,17-19,22H2,1-9H3. The Bertz CT molecular complexity index is 1440. The Morgan fingerprint density at radius 3 is 2.18 bits per heavy atom. The molecule has 2 unspecified atom stereocenters. The highest BCUT2D eigenvalue weighted by atomic mass is 15.4. The first-order valence-electron chi connectivity index (χ1n) is 15.2. The van der Waals surface area contributed by atoms with Crippen molar-refractivity contribution in [3.05, 3.63) is 62.3 Å². The Balaban J connectivity index is 1.66. The minimum absolute atomic E-state index is 0.137. The summed E-state index contributed by atoms with van der Waals surface area (Å²) in [5.74, 6) is 2.90. The van der Waals surface area contributed by atoms with Crippen LogP contribution in [0.3, 0.4) is 0 Å². The molecule has 0 amide bonds. The normalized spacial score (nSPS) is 23.1. The van der Waals surface area contributed by atoms with E-state index >= 15 is 0 Å². The van der Waals surface area contributed by atoms with Gasteiger partial charge in [-0.05, 0) is 70.1 Å². The molecule has 1 saturated heterocycles. The van der Waals surface area contributed by atoms with Gasteiger partial charge in [0.05, 0.1) is 6.67 Å².